The fraction of sp³-hybridized carbons (Fsp3) is 0.714. The predicted octanol–water partition coefficient (Wildman–Crippen LogP) is 4.81. The van der Waals surface area contributed by atoms with Crippen molar-refractivity contribution >= 4 is 14.0 Å². The molecule has 4 heteroatoms. The Bertz CT molecular complexity index is 667. The van der Waals surface area contributed by atoms with Crippen LogP contribution in [0.4, 0.5) is 5.95 Å². The molecule has 0 aromatic carbocycles. The predicted molar refractivity (Wildman–Crippen MR) is 109 cm³/mol. The molecule has 2 heterocycles. The third kappa shape index (κ3) is 3.49. The highest BCUT2D eigenvalue weighted by Gasteiger charge is 2.46. The summed E-state index contributed by atoms with van der Waals surface area (Å²) in [5.41, 5.74) is 7.66. The molecule has 0 bridgehead atoms. The van der Waals surface area contributed by atoms with Gasteiger partial charge in [-0.15, -0.1) is 5.54 Å². The van der Waals surface area contributed by atoms with E-state index in [4.69, 9.17) is 4.98 Å². The topological polar surface area (TPSA) is 29.0 Å². The minimum atomic E-state index is -1.72. The van der Waals surface area contributed by atoms with Gasteiger partial charge in [0.2, 0.25) is 5.95 Å². The van der Waals surface area contributed by atoms with Gasteiger partial charge in [0.15, 0.2) is 0 Å². The fourth-order valence-corrected chi connectivity index (χ4v) is 10.1. The molecule has 136 valence electrons. The molecule has 0 spiro atoms. The van der Waals surface area contributed by atoms with Gasteiger partial charge in [-0.2, -0.15) is 0 Å². The lowest BCUT2D eigenvalue weighted by Gasteiger charge is -2.38. The van der Waals surface area contributed by atoms with Gasteiger partial charge < -0.3 is 4.90 Å². The second-order valence-electron chi connectivity index (χ2n) is 9.00. The van der Waals surface area contributed by atoms with Crippen molar-refractivity contribution in [1.82, 2.24) is 9.97 Å². The zero-order chi connectivity index (χ0) is 18.4. The Hall–Kier alpha value is -1.34. The van der Waals surface area contributed by atoms with Crippen molar-refractivity contribution in [2.75, 3.05) is 18.0 Å². The summed E-state index contributed by atoms with van der Waals surface area (Å²) in [5.74, 6) is 6.16. The SMILES string of the molecule is Cc1cc(C#C[Si](C(C)C)(C(C)C)C(C)C)nc(N2CC3CC3C2)n1. The lowest BCUT2D eigenvalue weighted by atomic mass is 10.3. The highest BCUT2D eigenvalue weighted by molar-refractivity contribution is 6.90. The third-order valence-corrected chi connectivity index (χ3v) is 12.7. The van der Waals surface area contributed by atoms with E-state index in [1.54, 1.807) is 0 Å². The zero-order valence-corrected chi connectivity index (χ0v) is 17.9. The summed E-state index contributed by atoms with van der Waals surface area (Å²) >= 11 is 0. The van der Waals surface area contributed by atoms with Crippen molar-refractivity contribution in [3.8, 4) is 11.5 Å². The van der Waals surface area contributed by atoms with E-state index in [2.05, 4.69) is 69.8 Å². The van der Waals surface area contributed by atoms with Crippen LogP contribution in [0.1, 0.15) is 59.4 Å². The van der Waals surface area contributed by atoms with Gasteiger partial charge in [-0.05, 0) is 47.9 Å². The minimum absolute atomic E-state index is 0.646. The van der Waals surface area contributed by atoms with E-state index in [1.165, 1.54) is 6.42 Å². The van der Waals surface area contributed by atoms with Gasteiger partial charge in [-0.3, -0.25) is 0 Å². The normalized spacial score (nSPS) is 22.4. The molecule has 1 aliphatic carbocycles. The van der Waals surface area contributed by atoms with Crippen LogP contribution in [0.5, 0.6) is 0 Å². The van der Waals surface area contributed by atoms with Crippen molar-refractivity contribution in [2.24, 2.45) is 11.8 Å². The molecule has 2 unspecified atom stereocenters. The summed E-state index contributed by atoms with van der Waals surface area (Å²) in [5, 5.41) is 0. The number of anilines is 1. The lowest BCUT2D eigenvalue weighted by molar-refractivity contribution is 0.782. The van der Waals surface area contributed by atoms with E-state index >= 15 is 0 Å². The summed E-state index contributed by atoms with van der Waals surface area (Å²) < 4.78 is 0. The molecule has 1 aromatic rings. The van der Waals surface area contributed by atoms with Gasteiger partial charge in [0.25, 0.3) is 0 Å². The van der Waals surface area contributed by atoms with Crippen molar-refractivity contribution < 1.29 is 0 Å². The van der Waals surface area contributed by atoms with Crippen LogP contribution in [0.15, 0.2) is 6.07 Å². The van der Waals surface area contributed by atoms with Crippen LogP contribution in [-0.4, -0.2) is 31.1 Å². The minimum Gasteiger partial charge on any atom is -0.340 e. The summed E-state index contributed by atoms with van der Waals surface area (Å²) in [7, 11) is -1.72. The molecule has 3 nitrogen and oxygen atoms in total. The van der Waals surface area contributed by atoms with Gasteiger partial charge in [0.1, 0.15) is 13.8 Å². The number of nitrogens with zero attached hydrogens (tertiary/aromatic N) is 3. The smallest absolute Gasteiger partial charge is 0.226 e. The number of rotatable bonds is 4. The first-order valence-electron chi connectivity index (χ1n) is 9.87. The maximum atomic E-state index is 4.82. The molecule has 0 N–H and O–H groups in total. The molecule has 1 saturated heterocycles. The Morgan fingerprint density at radius 2 is 1.56 bits per heavy atom. The van der Waals surface area contributed by atoms with Crippen LogP contribution >= 0.6 is 0 Å². The van der Waals surface area contributed by atoms with Crippen molar-refractivity contribution in [3.05, 3.63) is 17.5 Å². The number of piperidine rings is 1. The molecule has 1 aromatic heterocycles. The van der Waals surface area contributed by atoms with E-state index in [-0.39, 0.29) is 0 Å². The summed E-state index contributed by atoms with van der Waals surface area (Å²) in [6, 6.07) is 2.05. The average Bonchev–Trinajstić information content (AvgIpc) is 3.12. The van der Waals surface area contributed by atoms with Crippen LogP contribution < -0.4 is 4.90 Å². The largest absolute Gasteiger partial charge is 0.340 e. The second-order valence-corrected chi connectivity index (χ2v) is 14.6. The lowest BCUT2D eigenvalue weighted by Crippen LogP contribution is -2.43. The standard InChI is InChI=1S/C21H33N3Si/c1-14(2)25(15(3)4,16(5)6)9-8-20-10-17(7)22-21(23-20)24-12-18-11-19(18)13-24/h10,14-16,18-19H,11-13H2,1-7H3. The molecule has 1 aliphatic heterocycles. The van der Waals surface area contributed by atoms with Gasteiger partial charge in [-0.1, -0.05) is 47.5 Å². The van der Waals surface area contributed by atoms with E-state index in [1.807, 2.05) is 6.07 Å². The van der Waals surface area contributed by atoms with Gasteiger partial charge in [-0.25, -0.2) is 9.97 Å². The highest BCUT2D eigenvalue weighted by Crippen LogP contribution is 2.45. The molecule has 1 saturated carbocycles. The summed E-state index contributed by atoms with van der Waals surface area (Å²) in [6.07, 6.45) is 1.40. The van der Waals surface area contributed by atoms with Crippen LogP contribution in [0.3, 0.4) is 0 Å². The van der Waals surface area contributed by atoms with Crippen molar-refractivity contribution in [3.63, 3.8) is 0 Å². The monoisotopic (exact) mass is 355 g/mol. The molecule has 0 amide bonds. The van der Waals surface area contributed by atoms with Crippen LogP contribution in [0.25, 0.3) is 0 Å². The Morgan fingerprint density at radius 3 is 2.08 bits per heavy atom. The summed E-state index contributed by atoms with van der Waals surface area (Å²) in [6.45, 7) is 18.4. The zero-order valence-electron chi connectivity index (χ0n) is 16.9. The highest BCUT2D eigenvalue weighted by atomic mass is 28.3. The Kier molecular flexibility index (Phi) is 4.99. The van der Waals surface area contributed by atoms with Crippen molar-refractivity contribution in [2.45, 2.75) is 71.5 Å². The maximum absolute atomic E-state index is 4.82. The van der Waals surface area contributed by atoms with E-state index in [0.717, 1.165) is 42.3 Å². The molecular weight excluding hydrogens is 322 g/mol. The first kappa shape index (κ1) is 18.4. The van der Waals surface area contributed by atoms with Crippen LogP contribution in [-0.2, 0) is 0 Å². The quantitative estimate of drug-likeness (QED) is 0.573. The average molecular weight is 356 g/mol. The maximum Gasteiger partial charge on any atom is 0.226 e. The number of fused-ring (bicyclic) bond motifs is 1. The molecule has 3 rings (SSSR count). The number of hydrogen-bond donors (Lipinski definition) is 0. The third-order valence-electron chi connectivity index (χ3n) is 6.38. The van der Waals surface area contributed by atoms with E-state index in [0.29, 0.717) is 16.6 Å². The molecular formula is C21H33N3Si. The van der Waals surface area contributed by atoms with Gasteiger partial charge in [0, 0.05) is 18.8 Å². The van der Waals surface area contributed by atoms with Gasteiger partial charge >= 0.3 is 0 Å². The number of hydrogen-bond acceptors (Lipinski definition) is 3. The molecule has 2 atom stereocenters. The molecule has 25 heavy (non-hydrogen) atoms. The van der Waals surface area contributed by atoms with E-state index in [9.17, 15) is 0 Å². The second kappa shape index (κ2) is 6.76. The first-order valence-corrected chi connectivity index (χ1v) is 12.1. The molecule has 2 aliphatic rings. The number of aromatic nitrogens is 2. The Labute approximate surface area is 154 Å². The van der Waals surface area contributed by atoms with Crippen molar-refractivity contribution in [1.29, 1.82) is 0 Å². The Balaban J connectivity index is 1.92. The van der Waals surface area contributed by atoms with Crippen LogP contribution in [0.2, 0.25) is 16.6 Å². The van der Waals surface area contributed by atoms with Crippen LogP contribution in [0, 0.1) is 30.2 Å². The first-order chi connectivity index (χ1) is 11.7. The molecule has 0 radical (unpaired) electrons. The van der Waals surface area contributed by atoms with Gasteiger partial charge in [0.05, 0.1) is 0 Å². The number of aryl methyl sites for hydroxylation is 1. The summed E-state index contributed by atoms with van der Waals surface area (Å²) in [4.78, 5) is 11.9. The fourth-order valence-electron chi connectivity index (χ4n) is 4.93. The molecule has 2 fully saturated rings. The van der Waals surface area contributed by atoms with E-state index < -0.39 is 8.07 Å². The Morgan fingerprint density at radius 1 is 1.00 bits per heavy atom.